The summed E-state index contributed by atoms with van der Waals surface area (Å²) < 4.78 is 21.3. The monoisotopic (exact) mass is 532 g/mol. The van der Waals surface area contributed by atoms with Crippen molar-refractivity contribution in [2.24, 2.45) is 0 Å². The van der Waals surface area contributed by atoms with Gasteiger partial charge in [-0.25, -0.2) is 0 Å². The lowest BCUT2D eigenvalue weighted by Crippen LogP contribution is -2.45. The van der Waals surface area contributed by atoms with Gasteiger partial charge in [0.1, 0.15) is 22.5 Å². The molecule has 1 aliphatic heterocycles. The zero-order chi connectivity index (χ0) is 26.5. The molecular formula is C27H24N4O6S. The number of benzene rings is 3. The Morgan fingerprint density at radius 3 is 2.42 bits per heavy atom. The van der Waals surface area contributed by atoms with Gasteiger partial charge in [0.15, 0.2) is 11.5 Å². The number of nitrogens with zero attached hydrogens (tertiary/aromatic N) is 2. The van der Waals surface area contributed by atoms with Crippen LogP contribution >= 0.6 is 11.3 Å². The summed E-state index contributed by atoms with van der Waals surface area (Å²) in [5.74, 6) is 1.34. The Hall–Kier alpha value is -4.64. The molecule has 11 heteroatoms. The number of hydrogen-bond donors (Lipinski definition) is 2. The number of aromatic nitrogens is 2. The average Bonchev–Trinajstić information content (AvgIpc) is 3.62. The fraction of sp³-hybridized carbons (Fsp3) is 0.185. The number of hydrogen-bond acceptors (Lipinski definition) is 9. The zero-order valence-electron chi connectivity index (χ0n) is 20.6. The van der Waals surface area contributed by atoms with Gasteiger partial charge in [-0.3, -0.25) is 14.9 Å². The molecule has 0 saturated carbocycles. The minimum Gasteiger partial charge on any atom is -0.497 e. The predicted molar refractivity (Wildman–Crippen MR) is 141 cm³/mol. The van der Waals surface area contributed by atoms with Crippen molar-refractivity contribution in [2.75, 3.05) is 26.3 Å². The number of amides is 2. The molecule has 38 heavy (non-hydrogen) atoms. The Morgan fingerprint density at radius 1 is 0.947 bits per heavy atom. The molecule has 194 valence electrons. The molecule has 0 aliphatic carbocycles. The van der Waals surface area contributed by atoms with Crippen LogP contribution in [0.3, 0.4) is 0 Å². The lowest BCUT2D eigenvalue weighted by atomic mass is 10.0. The molecule has 0 bridgehead atoms. The number of nitrogens with one attached hydrogen (secondary N) is 2. The second kappa shape index (κ2) is 11.2. The fourth-order valence-corrected chi connectivity index (χ4v) is 4.59. The van der Waals surface area contributed by atoms with Crippen molar-refractivity contribution in [3.63, 3.8) is 0 Å². The van der Waals surface area contributed by atoms with E-state index in [0.29, 0.717) is 38.7 Å². The molecule has 0 radical (unpaired) electrons. The number of rotatable bonds is 9. The summed E-state index contributed by atoms with van der Waals surface area (Å²) in [6.45, 7) is 0.174. The maximum atomic E-state index is 13.4. The first-order chi connectivity index (χ1) is 18.5. The number of ether oxygens (including phenoxy) is 4. The molecule has 1 aromatic heterocycles. The van der Waals surface area contributed by atoms with Gasteiger partial charge in [0.05, 0.1) is 14.2 Å². The number of anilines is 1. The second-order valence-corrected chi connectivity index (χ2v) is 9.26. The molecule has 4 aromatic rings. The molecule has 2 heterocycles. The van der Waals surface area contributed by atoms with E-state index in [4.69, 9.17) is 18.9 Å². The summed E-state index contributed by atoms with van der Waals surface area (Å²) in [6.07, 6.45) is 0.271. The highest BCUT2D eigenvalue weighted by Gasteiger charge is 2.24. The van der Waals surface area contributed by atoms with Crippen LogP contribution in [0.15, 0.2) is 66.7 Å². The van der Waals surface area contributed by atoms with E-state index in [0.717, 1.165) is 11.1 Å². The molecular weight excluding hydrogens is 508 g/mol. The van der Waals surface area contributed by atoms with Crippen molar-refractivity contribution in [3.05, 3.63) is 77.9 Å². The van der Waals surface area contributed by atoms with Gasteiger partial charge in [0.25, 0.3) is 5.91 Å². The van der Waals surface area contributed by atoms with Crippen LogP contribution in [0.25, 0.3) is 10.6 Å². The second-order valence-electron chi connectivity index (χ2n) is 8.29. The van der Waals surface area contributed by atoms with Gasteiger partial charge >= 0.3 is 0 Å². The van der Waals surface area contributed by atoms with Gasteiger partial charge in [0.2, 0.25) is 17.8 Å². The van der Waals surface area contributed by atoms with Crippen molar-refractivity contribution in [2.45, 2.75) is 12.5 Å². The van der Waals surface area contributed by atoms with Crippen LogP contribution < -0.4 is 29.6 Å². The summed E-state index contributed by atoms with van der Waals surface area (Å²) in [5.41, 5.74) is 1.97. The lowest BCUT2D eigenvalue weighted by molar-refractivity contribution is -0.118. The van der Waals surface area contributed by atoms with Gasteiger partial charge in [-0.15, -0.1) is 10.2 Å². The van der Waals surface area contributed by atoms with E-state index in [1.54, 1.807) is 24.3 Å². The Kier molecular flexibility index (Phi) is 7.36. The third kappa shape index (κ3) is 5.68. The van der Waals surface area contributed by atoms with E-state index in [1.165, 1.54) is 25.6 Å². The molecule has 0 fully saturated rings. The van der Waals surface area contributed by atoms with E-state index >= 15 is 0 Å². The van der Waals surface area contributed by atoms with Gasteiger partial charge in [0, 0.05) is 23.6 Å². The van der Waals surface area contributed by atoms with E-state index < -0.39 is 17.9 Å². The zero-order valence-corrected chi connectivity index (χ0v) is 21.4. The van der Waals surface area contributed by atoms with Crippen LogP contribution in [0.2, 0.25) is 0 Å². The molecule has 3 aromatic carbocycles. The van der Waals surface area contributed by atoms with Gasteiger partial charge in [-0.2, -0.15) is 0 Å². The SMILES string of the molecule is COc1cc(OC)cc(C(=O)N[C@H](Cc2ccccc2)C(=O)Nc2nnc(-c3ccc4c(c3)OCO4)s2)c1. The summed E-state index contributed by atoms with van der Waals surface area (Å²) in [5, 5.41) is 14.8. The van der Waals surface area contributed by atoms with E-state index in [2.05, 4.69) is 20.8 Å². The normalized spacial score (nSPS) is 12.5. The summed E-state index contributed by atoms with van der Waals surface area (Å²) in [4.78, 5) is 26.5. The van der Waals surface area contributed by atoms with Crippen LogP contribution in [-0.4, -0.2) is 49.1 Å². The Bertz CT molecular complexity index is 1440. The third-order valence-corrected chi connectivity index (χ3v) is 6.68. The molecule has 5 rings (SSSR count). The van der Waals surface area contributed by atoms with Crippen LogP contribution in [-0.2, 0) is 11.2 Å². The lowest BCUT2D eigenvalue weighted by Gasteiger charge is -2.18. The molecule has 2 amide bonds. The fourth-order valence-electron chi connectivity index (χ4n) is 3.85. The van der Waals surface area contributed by atoms with E-state index in [1.807, 2.05) is 42.5 Å². The van der Waals surface area contributed by atoms with Gasteiger partial charge in [-0.1, -0.05) is 41.7 Å². The van der Waals surface area contributed by atoms with Crippen LogP contribution in [0.4, 0.5) is 5.13 Å². The van der Waals surface area contributed by atoms with Gasteiger partial charge < -0.3 is 24.3 Å². The number of fused-ring (bicyclic) bond motifs is 1. The van der Waals surface area contributed by atoms with Crippen molar-refractivity contribution in [3.8, 4) is 33.6 Å². The van der Waals surface area contributed by atoms with E-state index in [-0.39, 0.29) is 13.2 Å². The van der Waals surface area contributed by atoms with Crippen molar-refractivity contribution in [1.29, 1.82) is 0 Å². The predicted octanol–water partition coefficient (Wildman–Crippen LogP) is 3.93. The first-order valence-electron chi connectivity index (χ1n) is 11.6. The Labute approximate surface area is 222 Å². The summed E-state index contributed by atoms with van der Waals surface area (Å²) >= 11 is 1.21. The van der Waals surface area contributed by atoms with Crippen molar-refractivity contribution < 1.29 is 28.5 Å². The summed E-state index contributed by atoms with van der Waals surface area (Å²) in [7, 11) is 3.00. The first kappa shape index (κ1) is 25.0. The van der Waals surface area contributed by atoms with Crippen LogP contribution in [0.5, 0.6) is 23.0 Å². The highest BCUT2D eigenvalue weighted by atomic mass is 32.1. The molecule has 0 unspecified atom stereocenters. The minimum atomic E-state index is -0.889. The Balaban J connectivity index is 1.34. The third-order valence-electron chi connectivity index (χ3n) is 5.79. The minimum absolute atomic E-state index is 0.174. The number of methoxy groups -OCH3 is 2. The molecule has 0 spiro atoms. The van der Waals surface area contributed by atoms with Crippen molar-refractivity contribution >= 4 is 28.3 Å². The van der Waals surface area contributed by atoms with Crippen LogP contribution in [0, 0.1) is 0 Å². The molecule has 1 atom stereocenters. The standard InChI is InChI=1S/C27H24N4O6S/c1-34-19-11-18(12-20(14-19)35-2)24(32)28-21(10-16-6-4-3-5-7-16)25(33)29-27-31-30-26(38-27)17-8-9-22-23(13-17)37-15-36-22/h3-9,11-14,21H,10,15H2,1-2H3,(H,28,32)(H,29,31,33)/t21-/m1/s1. The van der Waals surface area contributed by atoms with E-state index in [9.17, 15) is 9.59 Å². The highest BCUT2D eigenvalue weighted by molar-refractivity contribution is 7.18. The molecule has 2 N–H and O–H groups in total. The maximum Gasteiger partial charge on any atom is 0.252 e. The first-order valence-corrected chi connectivity index (χ1v) is 12.5. The van der Waals surface area contributed by atoms with Crippen molar-refractivity contribution in [1.82, 2.24) is 15.5 Å². The van der Waals surface area contributed by atoms with Crippen LogP contribution in [0.1, 0.15) is 15.9 Å². The quantitative estimate of drug-likeness (QED) is 0.333. The number of carbonyl (C=O) groups is 2. The largest absolute Gasteiger partial charge is 0.497 e. The summed E-state index contributed by atoms with van der Waals surface area (Å²) in [6, 6.07) is 18.8. The topological polar surface area (TPSA) is 121 Å². The maximum absolute atomic E-state index is 13.4. The average molecular weight is 533 g/mol. The smallest absolute Gasteiger partial charge is 0.252 e. The Morgan fingerprint density at radius 2 is 1.68 bits per heavy atom. The highest BCUT2D eigenvalue weighted by Crippen LogP contribution is 2.37. The van der Waals surface area contributed by atoms with Gasteiger partial charge in [-0.05, 0) is 35.9 Å². The molecule has 1 aliphatic rings. The number of carbonyl (C=O) groups excluding carboxylic acids is 2. The molecule has 0 saturated heterocycles. The molecule has 10 nitrogen and oxygen atoms in total.